The number of rotatable bonds is 11. The maximum atomic E-state index is 4.45. The Kier molecular flexibility index (Phi) is 8.59. The molecule has 0 aliphatic carbocycles. The third kappa shape index (κ3) is 5.66. The minimum absolute atomic E-state index is 0.645. The van der Waals surface area contributed by atoms with E-state index in [2.05, 4.69) is 42.7 Å². The number of imidazole rings is 1. The Hall–Kier alpha value is -0.830. The lowest BCUT2D eigenvalue weighted by molar-refractivity contribution is 0.295. The molecular weight excluding hydrogens is 246 g/mol. The van der Waals surface area contributed by atoms with Crippen LogP contribution in [0, 0.1) is 5.92 Å². The molecule has 20 heavy (non-hydrogen) atoms. The summed E-state index contributed by atoms with van der Waals surface area (Å²) >= 11 is 0. The van der Waals surface area contributed by atoms with Gasteiger partial charge in [-0.15, -0.1) is 0 Å². The molecule has 1 N–H and O–H groups in total. The van der Waals surface area contributed by atoms with Gasteiger partial charge in [-0.2, -0.15) is 0 Å². The van der Waals surface area contributed by atoms with Crippen LogP contribution in [0.3, 0.4) is 0 Å². The van der Waals surface area contributed by atoms with Gasteiger partial charge in [0.1, 0.15) is 5.82 Å². The van der Waals surface area contributed by atoms with Crippen molar-refractivity contribution in [2.45, 2.75) is 71.8 Å². The van der Waals surface area contributed by atoms with E-state index in [1.807, 2.05) is 12.4 Å². The molecular formula is C17H33N3. The molecule has 0 fully saturated rings. The number of nitrogens with zero attached hydrogens (tertiary/aromatic N) is 2. The second-order valence-electron chi connectivity index (χ2n) is 5.89. The highest BCUT2D eigenvalue weighted by atomic mass is 15.0. The SMILES string of the molecule is CCCNC(CCc1nccn1C)C(CCC)CCC. The minimum atomic E-state index is 0.645. The third-order valence-electron chi connectivity index (χ3n) is 4.14. The predicted octanol–water partition coefficient (Wildman–Crippen LogP) is 3.94. The zero-order valence-electron chi connectivity index (χ0n) is 13.9. The molecule has 3 nitrogen and oxygen atoms in total. The molecule has 0 saturated carbocycles. The highest BCUT2D eigenvalue weighted by molar-refractivity contribution is 4.92. The van der Waals surface area contributed by atoms with Gasteiger partial charge >= 0.3 is 0 Å². The van der Waals surface area contributed by atoms with Crippen LogP contribution in [0.4, 0.5) is 0 Å². The summed E-state index contributed by atoms with van der Waals surface area (Å²) in [5, 5.41) is 3.78. The molecule has 1 aromatic rings. The van der Waals surface area contributed by atoms with E-state index >= 15 is 0 Å². The number of aromatic nitrogens is 2. The second-order valence-corrected chi connectivity index (χ2v) is 5.89. The zero-order chi connectivity index (χ0) is 14.8. The Balaban J connectivity index is 2.59. The summed E-state index contributed by atoms with van der Waals surface area (Å²) in [6.07, 6.45) is 12.7. The fourth-order valence-electron chi connectivity index (χ4n) is 3.04. The standard InChI is InChI=1S/C17H33N3/c1-5-8-15(9-6-2)16(18-12-7-3)10-11-17-19-13-14-20(17)4/h13-16,18H,5-12H2,1-4H3. The topological polar surface area (TPSA) is 29.9 Å². The van der Waals surface area contributed by atoms with Crippen LogP contribution < -0.4 is 5.32 Å². The van der Waals surface area contributed by atoms with E-state index < -0.39 is 0 Å². The Morgan fingerprint density at radius 2 is 1.80 bits per heavy atom. The Morgan fingerprint density at radius 3 is 2.30 bits per heavy atom. The molecule has 1 aromatic heterocycles. The van der Waals surface area contributed by atoms with Crippen molar-refractivity contribution in [3.05, 3.63) is 18.2 Å². The van der Waals surface area contributed by atoms with E-state index in [1.54, 1.807) is 0 Å². The van der Waals surface area contributed by atoms with Crippen molar-refractivity contribution in [2.24, 2.45) is 13.0 Å². The van der Waals surface area contributed by atoms with Crippen molar-refractivity contribution in [3.8, 4) is 0 Å². The molecule has 0 radical (unpaired) electrons. The molecule has 0 saturated heterocycles. The van der Waals surface area contributed by atoms with Gasteiger partial charge in [0.2, 0.25) is 0 Å². The van der Waals surface area contributed by atoms with Crippen LogP contribution in [0.1, 0.15) is 65.1 Å². The molecule has 1 unspecified atom stereocenters. The number of hydrogen-bond donors (Lipinski definition) is 1. The van der Waals surface area contributed by atoms with Crippen LogP contribution in [0.25, 0.3) is 0 Å². The van der Waals surface area contributed by atoms with Crippen LogP contribution >= 0.6 is 0 Å². The van der Waals surface area contributed by atoms with Crippen LogP contribution in [0.15, 0.2) is 12.4 Å². The van der Waals surface area contributed by atoms with Crippen molar-refractivity contribution in [1.82, 2.24) is 14.9 Å². The van der Waals surface area contributed by atoms with Gasteiger partial charge in [0.25, 0.3) is 0 Å². The monoisotopic (exact) mass is 279 g/mol. The first-order chi connectivity index (χ1) is 9.72. The Labute approximate surface area is 125 Å². The molecule has 0 amide bonds. The van der Waals surface area contributed by atoms with E-state index in [9.17, 15) is 0 Å². The van der Waals surface area contributed by atoms with Gasteiger partial charge in [0, 0.05) is 31.9 Å². The van der Waals surface area contributed by atoms with Gasteiger partial charge < -0.3 is 9.88 Å². The van der Waals surface area contributed by atoms with Crippen molar-refractivity contribution in [1.29, 1.82) is 0 Å². The molecule has 1 rings (SSSR count). The van der Waals surface area contributed by atoms with Crippen LogP contribution in [0.2, 0.25) is 0 Å². The molecule has 3 heteroatoms. The average molecular weight is 279 g/mol. The van der Waals surface area contributed by atoms with Crippen molar-refractivity contribution in [2.75, 3.05) is 6.54 Å². The van der Waals surface area contributed by atoms with Gasteiger partial charge in [-0.3, -0.25) is 0 Å². The molecule has 0 spiro atoms. The summed E-state index contributed by atoms with van der Waals surface area (Å²) in [4.78, 5) is 4.45. The molecule has 1 atom stereocenters. The largest absolute Gasteiger partial charge is 0.338 e. The third-order valence-corrected chi connectivity index (χ3v) is 4.14. The highest BCUT2D eigenvalue weighted by Gasteiger charge is 2.19. The lowest BCUT2D eigenvalue weighted by atomic mass is 9.87. The molecule has 116 valence electrons. The summed E-state index contributed by atoms with van der Waals surface area (Å²) in [7, 11) is 2.09. The average Bonchev–Trinajstić information content (AvgIpc) is 2.84. The first-order valence-corrected chi connectivity index (χ1v) is 8.42. The summed E-state index contributed by atoms with van der Waals surface area (Å²) in [5.74, 6) is 2.02. The summed E-state index contributed by atoms with van der Waals surface area (Å²) < 4.78 is 2.14. The van der Waals surface area contributed by atoms with Crippen molar-refractivity contribution < 1.29 is 0 Å². The summed E-state index contributed by atoms with van der Waals surface area (Å²) in [5.41, 5.74) is 0. The Bertz CT molecular complexity index is 340. The number of hydrogen-bond acceptors (Lipinski definition) is 2. The second kappa shape index (κ2) is 9.98. The van der Waals surface area contributed by atoms with E-state index in [0.29, 0.717) is 6.04 Å². The number of nitrogens with one attached hydrogen (secondary N) is 1. The lowest BCUT2D eigenvalue weighted by Gasteiger charge is -2.28. The summed E-state index contributed by atoms with van der Waals surface area (Å²) in [6, 6.07) is 0.645. The van der Waals surface area contributed by atoms with Gasteiger partial charge in [-0.1, -0.05) is 33.6 Å². The van der Waals surface area contributed by atoms with Gasteiger partial charge in [-0.05, 0) is 38.1 Å². The molecule has 0 aromatic carbocycles. The molecule has 1 heterocycles. The fourth-order valence-corrected chi connectivity index (χ4v) is 3.04. The summed E-state index contributed by atoms with van der Waals surface area (Å²) in [6.45, 7) is 7.99. The van der Waals surface area contributed by atoms with Crippen LogP contribution in [-0.4, -0.2) is 22.1 Å². The van der Waals surface area contributed by atoms with Gasteiger partial charge in [-0.25, -0.2) is 4.98 Å². The van der Waals surface area contributed by atoms with Crippen molar-refractivity contribution >= 4 is 0 Å². The molecule has 0 aliphatic rings. The van der Waals surface area contributed by atoms with E-state index in [0.717, 1.165) is 18.9 Å². The van der Waals surface area contributed by atoms with E-state index in [4.69, 9.17) is 0 Å². The first kappa shape index (κ1) is 17.2. The van der Waals surface area contributed by atoms with Gasteiger partial charge in [0.05, 0.1) is 0 Å². The minimum Gasteiger partial charge on any atom is -0.338 e. The molecule has 0 bridgehead atoms. The molecule has 0 aliphatic heterocycles. The maximum absolute atomic E-state index is 4.45. The number of aryl methyl sites for hydroxylation is 2. The van der Waals surface area contributed by atoms with Crippen LogP contribution in [-0.2, 0) is 13.5 Å². The van der Waals surface area contributed by atoms with Gasteiger partial charge in [0.15, 0.2) is 0 Å². The fraction of sp³-hybridized carbons (Fsp3) is 0.824. The van der Waals surface area contributed by atoms with Crippen molar-refractivity contribution in [3.63, 3.8) is 0 Å². The van der Waals surface area contributed by atoms with Crippen LogP contribution in [0.5, 0.6) is 0 Å². The quantitative estimate of drug-likeness (QED) is 0.665. The first-order valence-electron chi connectivity index (χ1n) is 8.42. The van der Waals surface area contributed by atoms with E-state index in [1.165, 1.54) is 44.3 Å². The van der Waals surface area contributed by atoms with E-state index in [-0.39, 0.29) is 0 Å². The Morgan fingerprint density at radius 1 is 1.10 bits per heavy atom. The zero-order valence-corrected chi connectivity index (χ0v) is 13.9. The smallest absolute Gasteiger partial charge is 0.108 e. The lowest BCUT2D eigenvalue weighted by Crippen LogP contribution is -2.37. The highest BCUT2D eigenvalue weighted by Crippen LogP contribution is 2.21. The predicted molar refractivity (Wildman–Crippen MR) is 86.9 cm³/mol. The maximum Gasteiger partial charge on any atom is 0.108 e. The normalized spacial score (nSPS) is 13.1.